The van der Waals surface area contributed by atoms with Gasteiger partial charge in [-0.1, -0.05) is 27.7 Å². The third-order valence-corrected chi connectivity index (χ3v) is 2.99. The number of urea groups is 1. The Morgan fingerprint density at radius 2 is 1.65 bits per heavy atom. The number of hydrogen-bond acceptors (Lipinski definition) is 3. The standard InChI is InChI=1S/C14H29N3O3/c1-9(2)7-11(13(18)19)15-14(20)16-12(10(3)4)8-17(5)6/h9-12H,7-8H2,1-6H3,(H,18,19)(H2,15,16,20). The van der Waals surface area contributed by atoms with Crippen LogP contribution in [0.3, 0.4) is 0 Å². The average Bonchev–Trinajstić information content (AvgIpc) is 2.25. The van der Waals surface area contributed by atoms with Crippen LogP contribution in [-0.2, 0) is 4.79 Å². The van der Waals surface area contributed by atoms with E-state index in [1.165, 1.54) is 0 Å². The van der Waals surface area contributed by atoms with Gasteiger partial charge in [0.25, 0.3) is 0 Å². The van der Waals surface area contributed by atoms with E-state index >= 15 is 0 Å². The van der Waals surface area contributed by atoms with Gasteiger partial charge in [0.2, 0.25) is 0 Å². The van der Waals surface area contributed by atoms with Gasteiger partial charge in [-0.05, 0) is 32.4 Å². The molecule has 0 rings (SSSR count). The summed E-state index contributed by atoms with van der Waals surface area (Å²) in [4.78, 5) is 25.0. The van der Waals surface area contributed by atoms with Gasteiger partial charge in [-0.3, -0.25) is 0 Å². The van der Waals surface area contributed by atoms with Crippen LogP contribution in [0.1, 0.15) is 34.1 Å². The molecule has 0 aliphatic carbocycles. The molecule has 6 nitrogen and oxygen atoms in total. The monoisotopic (exact) mass is 287 g/mol. The summed E-state index contributed by atoms with van der Waals surface area (Å²) in [5.41, 5.74) is 0. The van der Waals surface area contributed by atoms with Crippen LogP contribution < -0.4 is 10.6 Å². The van der Waals surface area contributed by atoms with E-state index in [4.69, 9.17) is 5.11 Å². The Morgan fingerprint density at radius 1 is 1.10 bits per heavy atom. The molecule has 0 spiro atoms. The Bertz CT molecular complexity index is 317. The lowest BCUT2D eigenvalue weighted by atomic mass is 10.0. The predicted octanol–water partition coefficient (Wildman–Crippen LogP) is 1.37. The third kappa shape index (κ3) is 7.99. The molecule has 118 valence electrons. The molecule has 0 aliphatic rings. The number of likely N-dealkylation sites (N-methyl/N-ethyl adjacent to an activating group) is 1. The first-order valence-corrected chi connectivity index (χ1v) is 7.08. The summed E-state index contributed by atoms with van der Waals surface area (Å²) in [6, 6.07) is -1.28. The van der Waals surface area contributed by atoms with E-state index in [1.54, 1.807) is 0 Å². The van der Waals surface area contributed by atoms with Crippen LogP contribution in [-0.4, -0.2) is 54.7 Å². The molecule has 0 aliphatic heterocycles. The molecule has 0 saturated carbocycles. The van der Waals surface area contributed by atoms with Crippen LogP contribution in [0.2, 0.25) is 0 Å². The Morgan fingerprint density at radius 3 is 2.00 bits per heavy atom. The van der Waals surface area contributed by atoms with Crippen LogP contribution in [0.15, 0.2) is 0 Å². The van der Waals surface area contributed by atoms with Crippen molar-refractivity contribution in [3.8, 4) is 0 Å². The summed E-state index contributed by atoms with van der Waals surface area (Å²) in [7, 11) is 3.88. The number of rotatable bonds is 8. The maximum absolute atomic E-state index is 11.9. The smallest absolute Gasteiger partial charge is 0.326 e. The van der Waals surface area contributed by atoms with Crippen LogP contribution in [0.5, 0.6) is 0 Å². The molecular weight excluding hydrogens is 258 g/mol. The van der Waals surface area contributed by atoms with Crippen molar-refractivity contribution in [1.82, 2.24) is 15.5 Å². The topological polar surface area (TPSA) is 81.7 Å². The van der Waals surface area contributed by atoms with E-state index in [0.29, 0.717) is 13.0 Å². The molecule has 2 unspecified atom stereocenters. The highest BCUT2D eigenvalue weighted by Gasteiger charge is 2.23. The third-order valence-electron chi connectivity index (χ3n) is 2.99. The fourth-order valence-electron chi connectivity index (χ4n) is 1.88. The van der Waals surface area contributed by atoms with E-state index in [2.05, 4.69) is 10.6 Å². The number of carbonyl (C=O) groups excluding carboxylic acids is 1. The van der Waals surface area contributed by atoms with Crippen molar-refractivity contribution >= 4 is 12.0 Å². The van der Waals surface area contributed by atoms with E-state index in [1.807, 2.05) is 46.7 Å². The highest BCUT2D eigenvalue weighted by molar-refractivity contribution is 5.82. The van der Waals surface area contributed by atoms with Crippen LogP contribution in [0.4, 0.5) is 4.79 Å². The second-order valence-corrected chi connectivity index (χ2v) is 6.25. The molecule has 0 aromatic carbocycles. The second-order valence-electron chi connectivity index (χ2n) is 6.25. The Labute approximate surface area is 121 Å². The predicted molar refractivity (Wildman–Crippen MR) is 79.7 cm³/mol. The molecule has 2 amide bonds. The molecule has 0 aromatic rings. The van der Waals surface area contributed by atoms with Crippen molar-refractivity contribution in [3.63, 3.8) is 0 Å². The fraction of sp³-hybridized carbons (Fsp3) is 0.857. The van der Waals surface area contributed by atoms with Gasteiger partial charge in [0, 0.05) is 12.6 Å². The summed E-state index contributed by atoms with van der Waals surface area (Å²) < 4.78 is 0. The zero-order chi connectivity index (χ0) is 15.9. The number of aliphatic carboxylic acids is 1. The normalized spacial score (nSPS) is 14.4. The van der Waals surface area contributed by atoms with Crippen molar-refractivity contribution in [3.05, 3.63) is 0 Å². The molecule has 3 N–H and O–H groups in total. The maximum atomic E-state index is 11.9. The van der Waals surface area contributed by atoms with Crippen LogP contribution in [0, 0.1) is 11.8 Å². The highest BCUT2D eigenvalue weighted by atomic mass is 16.4. The molecule has 0 fully saturated rings. The number of carboxylic acid groups (broad SMARTS) is 1. The Balaban J connectivity index is 4.52. The quantitative estimate of drug-likeness (QED) is 0.630. The van der Waals surface area contributed by atoms with E-state index in [-0.39, 0.29) is 17.9 Å². The first-order valence-electron chi connectivity index (χ1n) is 7.08. The lowest BCUT2D eigenvalue weighted by Gasteiger charge is -2.26. The number of amides is 2. The summed E-state index contributed by atoms with van der Waals surface area (Å²) in [6.45, 7) is 8.62. The first kappa shape index (κ1) is 18.7. The minimum absolute atomic E-state index is 0.0153. The molecule has 2 atom stereocenters. The van der Waals surface area contributed by atoms with Gasteiger partial charge in [-0.2, -0.15) is 0 Å². The lowest BCUT2D eigenvalue weighted by Crippen LogP contribution is -2.52. The van der Waals surface area contributed by atoms with Crippen molar-refractivity contribution in [2.24, 2.45) is 11.8 Å². The average molecular weight is 287 g/mol. The van der Waals surface area contributed by atoms with Gasteiger partial charge in [-0.15, -0.1) is 0 Å². The second kappa shape index (κ2) is 8.79. The molecule has 0 saturated heterocycles. The molecular formula is C14H29N3O3. The van der Waals surface area contributed by atoms with Crippen LogP contribution >= 0.6 is 0 Å². The van der Waals surface area contributed by atoms with Gasteiger partial charge in [-0.25, -0.2) is 9.59 Å². The number of nitrogens with one attached hydrogen (secondary N) is 2. The van der Waals surface area contributed by atoms with Gasteiger partial charge in [0.15, 0.2) is 0 Å². The number of hydrogen-bond donors (Lipinski definition) is 3. The van der Waals surface area contributed by atoms with E-state index in [0.717, 1.165) is 0 Å². The molecule has 0 heterocycles. The van der Waals surface area contributed by atoms with Crippen LogP contribution in [0.25, 0.3) is 0 Å². The number of carboxylic acids is 1. The van der Waals surface area contributed by atoms with Crippen molar-refractivity contribution in [1.29, 1.82) is 0 Å². The van der Waals surface area contributed by atoms with Gasteiger partial charge in [0.1, 0.15) is 6.04 Å². The van der Waals surface area contributed by atoms with Crippen molar-refractivity contribution in [2.45, 2.75) is 46.2 Å². The number of carbonyl (C=O) groups is 2. The Kier molecular flexibility index (Phi) is 8.22. The summed E-state index contributed by atoms with van der Waals surface area (Å²) >= 11 is 0. The first-order chi connectivity index (χ1) is 9.13. The maximum Gasteiger partial charge on any atom is 0.326 e. The summed E-state index contributed by atoms with van der Waals surface area (Å²) in [6.07, 6.45) is 0.419. The number of nitrogens with zero attached hydrogens (tertiary/aromatic N) is 1. The minimum atomic E-state index is -0.998. The highest BCUT2D eigenvalue weighted by Crippen LogP contribution is 2.06. The van der Waals surface area contributed by atoms with E-state index < -0.39 is 18.0 Å². The minimum Gasteiger partial charge on any atom is -0.480 e. The lowest BCUT2D eigenvalue weighted by molar-refractivity contribution is -0.139. The van der Waals surface area contributed by atoms with E-state index in [9.17, 15) is 9.59 Å². The van der Waals surface area contributed by atoms with Crippen molar-refractivity contribution < 1.29 is 14.7 Å². The Hall–Kier alpha value is -1.30. The molecule has 0 aromatic heterocycles. The molecule has 6 heteroatoms. The zero-order valence-corrected chi connectivity index (χ0v) is 13.4. The van der Waals surface area contributed by atoms with Gasteiger partial charge >= 0.3 is 12.0 Å². The van der Waals surface area contributed by atoms with Gasteiger partial charge < -0.3 is 20.6 Å². The molecule has 0 bridgehead atoms. The van der Waals surface area contributed by atoms with Crippen molar-refractivity contribution in [2.75, 3.05) is 20.6 Å². The van der Waals surface area contributed by atoms with Gasteiger partial charge in [0.05, 0.1) is 0 Å². The summed E-state index contributed by atoms with van der Waals surface area (Å²) in [5.74, 6) is -0.516. The largest absolute Gasteiger partial charge is 0.480 e. The SMILES string of the molecule is CC(C)CC(NC(=O)NC(CN(C)C)C(C)C)C(=O)O. The molecule has 0 radical (unpaired) electrons. The summed E-state index contributed by atoms with van der Waals surface area (Å²) in [5, 5.41) is 14.5. The fourth-order valence-corrected chi connectivity index (χ4v) is 1.88. The molecule has 20 heavy (non-hydrogen) atoms. The zero-order valence-electron chi connectivity index (χ0n) is 13.4.